The van der Waals surface area contributed by atoms with Crippen LogP contribution in [0.15, 0.2) is 24.3 Å². The second-order valence-electron chi connectivity index (χ2n) is 5.56. The number of carbonyl (C=O) groups is 1. The number of aryl methyl sites for hydroxylation is 1. The molecular weight excluding hydrogens is 254 g/mol. The van der Waals surface area contributed by atoms with E-state index >= 15 is 0 Å². The number of fused-ring (bicyclic) bond motifs is 1. The molecule has 110 valence electrons. The lowest BCUT2D eigenvalue weighted by Gasteiger charge is -2.31. The molecule has 0 bridgehead atoms. The third kappa shape index (κ3) is 3.19. The first-order valence-corrected chi connectivity index (χ1v) is 7.24. The molecule has 4 nitrogen and oxygen atoms in total. The van der Waals surface area contributed by atoms with Gasteiger partial charge in [-0.1, -0.05) is 31.2 Å². The first kappa shape index (κ1) is 15.0. The number of carboxylic acids is 1. The summed E-state index contributed by atoms with van der Waals surface area (Å²) in [7, 11) is 0. The molecule has 1 aliphatic carbocycles. The summed E-state index contributed by atoms with van der Waals surface area (Å²) >= 11 is 0. The molecule has 0 heterocycles. The van der Waals surface area contributed by atoms with Crippen LogP contribution >= 0.6 is 0 Å². The maximum Gasteiger partial charge on any atom is 0.326 e. The van der Waals surface area contributed by atoms with E-state index in [4.69, 9.17) is 4.74 Å². The monoisotopic (exact) mass is 277 g/mol. The number of hydrogen-bond donors (Lipinski definition) is 2. The SMILES string of the molecule is CCNC(C)(COC1CCCc2ccccc21)C(=O)O. The zero-order valence-corrected chi connectivity index (χ0v) is 12.2. The van der Waals surface area contributed by atoms with Gasteiger partial charge in [-0.25, -0.2) is 0 Å². The standard InChI is InChI=1S/C16H23NO3/c1-3-17-16(2,15(18)19)11-20-14-10-6-8-12-7-4-5-9-13(12)14/h4-5,7,9,14,17H,3,6,8,10-11H2,1-2H3,(H,18,19). The molecule has 2 rings (SSSR count). The maximum absolute atomic E-state index is 11.4. The fraction of sp³-hybridized carbons (Fsp3) is 0.562. The van der Waals surface area contributed by atoms with Gasteiger partial charge in [0.1, 0.15) is 5.54 Å². The summed E-state index contributed by atoms with van der Waals surface area (Å²) in [6, 6.07) is 8.28. The van der Waals surface area contributed by atoms with Crippen molar-refractivity contribution in [2.75, 3.05) is 13.2 Å². The van der Waals surface area contributed by atoms with Gasteiger partial charge < -0.3 is 15.2 Å². The van der Waals surface area contributed by atoms with Gasteiger partial charge in [0.2, 0.25) is 0 Å². The van der Waals surface area contributed by atoms with Crippen LogP contribution in [0.5, 0.6) is 0 Å². The van der Waals surface area contributed by atoms with Crippen molar-refractivity contribution in [1.82, 2.24) is 5.32 Å². The molecule has 0 radical (unpaired) electrons. The van der Waals surface area contributed by atoms with Crippen LogP contribution in [0, 0.1) is 0 Å². The summed E-state index contributed by atoms with van der Waals surface area (Å²) in [6.07, 6.45) is 3.14. The van der Waals surface area contributed by atoms with Crippen molar-refractivity contribution in [3.05, 3.63) is 35.4 Å². The van der Waals surface area contributed by atoms with Crippen molar-refractivity contribution in [2.24, 2.45) is 0 Å². The Morgan fingerprint density at radius 3 is 2.95 bits per heavy atom. The second-order valence-corrected chi connectivity index (χ2v) is 5.56. The summed E-state index contributed by atoms with van der Waals surface area (Å²) in [5, 5.41) is 12.3. The molecule has 2 N–H and O–H groups in total. The zero-order chi connectivity index (χ0) is 14.6. The maximum atomic E-state index is 11.4. The van der Waals surface area contributed by atoms with Crippen LogP contribution in [-0.4, -0.2) is 29.8 Å². The molecule has 0 spiro atoms. The van der Waals surface area contributed by atoms with Crippen molar-refractivity contribution in [3.8, 4) is 0 Å². The summed E-state index contributed by atoms with van der Waals surface area (Å²) in [5.41, 5.74) is 1.51. The third-order valence-corrected chi connectivity index (χ3v) is 3.93. The number of carboxylic acid groups (broad SMARTS) is 1. The second kappa shape index (κ2) is 6.37. The molecule has 0 saturated heterocycles. The molecular formula is C16H23NO3. The number of hydrogen-bond acceptors (Lipinski definition) is 3. The van der Waals surface area contributed by atoms with Crippen LogP contribution in [0.2, 0.25) is 0 Å². The van der Waals surface area contributed by atoms with E-state index < -0.39 is 11.5 Å². The van der Waals surface area contributed by atoms with E-state index in [1.807, 2.05) is 19.1 Å². The van der Waals surface area contributed by atoms with E-state index in [2.05, 4.69) is 17.4 Å². The fourth-order valence-corrected chi connectivity index (χ4v) is 2.73. The first-order valence-electron chi connectivity index (χ1n) is 7.24. The van der Waals surface area contributed by atoms with Gasteiger partial charge in [-0.3, -0.25) is 4.79 Å². The zero-order valence-electron chi connectivity index (χ0n) is 12.2. The smallest absolute Gasteiger partial charge is 0.326 e. The molecule has 20 heavy (non-hydrogen) atoms. The Kier molecular flexibility index (Phi) is 4.78. The first-order chi connectivity index (χ1) is 9.57. The summed E-state index contributed by atoms with van der Waals surface area (Å²) in [4.78, 5) is 11.4. The topological polar surface area (TPSA) is 58.6 Å². The minimum Gasteiger partial charge on any atom is -0.480 e. The van der Waals surface area contributed by atoms with E-state index in [1.165, 1.54) is 11.1 Å². The Hall–Kier alpha value is -1.39. The third-order valence-electron chi connectivity index (χ3n) is 3.93. The van der Waals surface area contributed by atoms with Gasteiger partial charge in [-0.05, 0) is 43.9 Å². The Labute approximate surface area is 120 Å². The van der Waals surface area contributed by atoms with Crippen LogP contribution in [0.25, 0.3) is 0 Å². The Morgan fingerprint density at radius 1 is 1.50 bits per heavy atom. The fourth-order valence-electron chi connectivity index (χ4n) is 2.73. The van der Waals surface area contributed by atoms with E-state index in [0.717, 1.165) is 19.3 Å². The molecule has 0 aromatic heterocycles. The van der Waals surface area contributed by atoms with Gasteiger partial charge in [-0.15, -0.1) is 0 Å². The number of aliphatic carboxylic acids is 1. The molecule has 1 aliphatic rings. The van der Waals surface area contributed by atoms with Crippen LogP contribution < -0.4 is 5.32 Å². The lowest BCUT2D eigenvalue weighted by atomic mass is 9.89. The van der Waals surface area contributed by atoms with Gasteiger partial charge in [0.15, 0.2) is 0 Å². The van der Waals surface area contributed by atoms with Crippen molar-refractivity contribution in [2.45, 2.75) is 44.8 Å². The van der Waals surface area contributed by atoms with Gasteiger partial charge in [0.05, 0.1) is 12.7 Å². The average molecular weight is 277 g/mol. The van der Waals surface area contributed by atoms with Crippen molar-refractivity contribution < 1.29 is 14.6 Å². The van der Waals surface area contributed by atoms with Crippen LogP contribution in [0.1, 0.15) is 43.9 Å². The van der Waals surface area contributed by atoms with Crippen LogP contribution in [0.4, 0.5) is 0 Å². The van der Waals surface area contributed by atoms with Gasteiger partial charge in [0, 0.05) is 0 Å². The molecule has 0 fully saturated rings. The van der Waals surface area contributed by atoms with E-state index in [1.54, 1.807) is 6.92 Å². The molecule has 2 unspecified atom stereocenters. The number of ether oxygens (including phenoxy) is 1. The number of nitrogens with one attached hydrogen (secondary N) is 1. The lowest BCUT2D eigenvalue weighted by Crippen LogP contribution is -2.53. The van der Waals surface area contributed by atoms with Crippen molar-refractivity contribution >= 4 is 5.97 Å². The van der Waals surface area contributed by atoms with Gasteiger partial charge in [-0.2, -0.15) is 0 Å². The average Bonchev–Trinajstić information content (AvgIpc) is 2.45. The van der Waals surface area contributed by atoms with Gasteiger partial charge >= 0.3 is 5.97 Å². The molecule has 4 heteroatoms. The van der Waals surface area contributed by atoms with E-state index in [-0.39, 0.29) is 12.7 Å². The summed E-state index contributed by atoms with van der Waals surface area (Å²) in [6.45, 7) is 4.35. The number of benzene rings is 1. The van der Waals surface area contributed by atoms with Crippen molar-refractivity contribution in [3.63, 3.8) is 0 Å². The van der Waals surface area contributed by atoms with E-state index in [9.17, 15) is 9.90 Å². The molecule has 1 aromatic rings. The lowest BCUT2D eigenvalue weighted by molar-refractivity contribution is -0.148. The molecule has 1 aromatic carbocycles. The highest BCUT2D eigenvalue weighted by Crippen LogP contribution is 2.32. The molecule has 0 aliphatic heterocycles. The quantitative estimate of drug-likeness (QED) is 0.839. The molecule has 0 amide bonds. The highest BCUT2D eigenvalue weighted by Gasteiger charge is 2.34. The van der Waals surface area contributed by atoms with E-state index in [0.29, 0.717) is 6.54 Å². The number of likely N-dealkylation sites (N-methyl/N-ethyl adjacent to an activating group) is 1. The van der Waals surface area contributed by atoms with Crippen LogP contribution in [0.3, 0.4) is 0 Å². The Balaban J connectivity index is 2.06. The molecule has 2 atom stereocenters. The van der Waals surface area contributed by atoms with Gasteiger partial charge in [0.25, 0.3) is 0 Å². The highest BCUT2D eigenvalue weighted by molar-refractivity contribution is 5.78. The number of rotatable bonds is 6. The summed E-state index contributed by atoms with van der Waals surface area (Å²) in [5.74, 6) is -0.872. The minimum absolute atomic E-state index is 0.0114. The Bertz CT molecular complexity index is 475. The normalized spacial score (nSPS) is 21.0. The highest BCUT2D eigenvalue weighted by atomic mass is 16.5. The van der Waals surface area contributed by atoms with Crippen molar-refractivity contribution in [1.29, 1.82) is 0 Å². The summed E-state index contributed by atoms with van der Waals surface area (Å²) < 4.78 is 5.95. The largest absolute Gasteiger partial charge is 0.480 e. The van der Waals surface area contributed by atoms with Crippen LogP contribution in [-0.2, 0) is 16.0 Å². The molecule has 0 saturated carbocycles. The predicted molar refractivity (Wildman–Crippen MR) is 77.8 cm³/mol. The minimum atomic E-state index is -1.03. The Morgan fingerprint density at radius 2 is 2.25 bits per heavy atom. The predicted octanol–water partition coefficient (Wildman–Crippen LogP) is 2.53.